The molecular formula is C21H21F3N2O4. The van der Waals surface area contributed by atoms with Gasteiger partial charge in [-0.25, -0.2) is 0 Å². The van der Waals surface area contributed by atoms with Crippen LogP contribution in [0.15, 0.2) is 48.5 Å². The molecule has 0 radical (unpaired) electrons. The van der Waals surface area contributed by atoms with Gasteiger partial charge >= 0.3 is 6.18 Å². The third kappa shape index (κ3) is 5.22. The van der Waals surface area contributed by atoms with Gasteiger partial charge < -0.3 is 19.7 Å². The molecule has 1 saturated heterocycles. The fraction of sp³-hybridized carbons (Fsp3) is 0.333. The van der Waals surface area contributed by atoms with Crippen molar-refractivity contribution in [1.82, 2.24) is 5.32 Å². The summed E-state index contributed by atoms with van der Waals surface area (Å²) in [6.45, 7) is 0.500. The summed E-state index contributed by atoms with van der Waals surface area (Å²) in [6, 6.07) is 11.5. The summed E-state index contributed by atoms with van der Waals surface area (Å²) < 4.78 is 49.3. The zero-order chi connectivity index (χ0) is 21.7. The fourth-order valence-corrected chi connectivity index (χ4v) is 3.14. The second-order valence-corrected chi connectivity index (χ2v) is 6.77. The Kier molecular flexibility index (Phi) is 6.49. The van der Waals surface area contributed by atoms with Crippen molar-refractivity contribution in [1.29, 1.82) is 0 Å². The Morgan fingerprint density at radius 3 is 2.53 bits per heavy atom. The van der Waals surface area contributed by atoms with Crippen LogP contribution in [0.1, 0.15) is 12.0 Å². The van der Waals surface area contributed by atoms with E-state index in [4.69, 9.17) is 9.47 Å². The smallest absolute Gasteiger partial charge is 0.416 e. The average Bonchev–Trinajstić information content (AvgIpc) is 3.13. The number of ether oxygens (including phenoxy) is 2. The van der Waals surface area contributed by atoms with Crippen molar-refractivity contribution in [3.05, 3.63) is 54.1 Å². The Morgan fingerprint density at radius 1 is 1.17 bits per heavy atom. The monoisotopic (exact) mass is 422 g/mol. The van der Waals surface area contributed by atoms with Gasteiger partial charge in [-0.3, -0.25) is 9.59 Å². The summed E-state index contributed by atoms with van der Waals surface area (Å²) in [6.07, 6.45) is -4.55. The maximum Gasteiger partial charge on any atom is 0.416 e. The van der Waals surface area contributed by atoms with E-state index < -0.39 is 17.7 Å². The number of anilines is 1. The lowest BCUT2D eigenvalue weighted by atomic mass is 10.1. The molecular weight excluding hydrogens is 401 g/mol. The number of rotatable bonds is 7. The number of nitrogens with zero attached hydrogens (tertiary/aromatic N) is 1. The highest BCUT2D eigenvalue weighted by Gasteiger charge is 2.36. The van der Waals surface area contributed by atoms with Gasteiger partial charge in [0.25, 0.3) is 0 Å². The molecule has 30 heavy (non-hydrogen) atoms. The minimum Gasteiger partial charge on any atom is -0.497 e. The first kappa shape index (κ1) is 21.5. The maximum absolute atomic E-state index is 12.9. The summed E-state index contributed by atoms with van der Waals surface area (Å²) >= 11 is 0. The largest absolute Gasteiger partial charge is 0.497 e. The van der Waals surface area contributed by atoms with E-state index in [0.29, 0.717) is 11.5 Å². The topological polar surface area (TPSA) is 67.9 Å². The lowest BCUT2D eigenvalue weighted by Gasteiger charge is -2.18. The van der Waals surface area contributed by atoms with Gasteiger partial charge in [-0.15, -0.1) is 0 Å². The highest BCUT2D eigenvalue weighted by atomic mass is 19.4. The summed E-state index contributed by atoms with van der Waals surface area (Å²) in [7, 11) is 1.56. The van der Waals surface area contributed by atoms with Crippen LogP contribution < -0.4 is 19.7 Å². The Balaban J connectivity index is 1.50. The Hall–Kier alpha value is -3.23. The average molecular weight is 422 g/mol. The van der Waals surface area contributed by atoms with Gasteiger partial charge in [-0.05, 0) is 42.5 Å². The Labute approximate surface area is 171 Å². The lowest BCUT2D eigenvalue weighted by Crippen LogP contribution is -2.35. The van der Waals surface area contributed by atoms with Crippen molar-refractivity contribution in [2.75, 3.05) is 31.7 Å². The van der Waals surface area contributed by atoms with Crippen molar-refractivity contribution in [3.8, 4) is 11.5 Å². The van der Waals surface area contributed by atoms with Crippen LogP contribution in [0.25, 0.3) is 0 Å². The molecule has 2 aromatic rings. The minimum absolute atomic E-state index is 0.0330. The lowest BCUT2D eigenvalue weighted by molar-refractivity contribution is -0.137. The maximum atomic E-state index is 12.9. The normalized spacial score (nSPS) is 16.5. The van der Waals surface area contributed by atoms with Crippen LogP contribution in [0, 0.1) is 5.92 Å². The van der Waals surface area contributed by atoms with Crippen LogP contribution in [0.5, 0.6) is 11.5 Å². The molecule has 2 amide bonds. The Morgan fingerprint density at radius 2 is 1.87 bits per heavy atom. The number of alkyl halides is 3. The number of nitrogens with one attached hydrogen (secondary N) is 1. The predicted molar refractivity (Wildman–Crippen MR) is 103 cm³/mol. The summed E-state index contributed by atoms with van der Waals surface area (Å²) in [5.74, 6) is -0.0307. The van der Waals surface area contributed by atoms with Crippen molar-refractivity contribution >= 4 is 17.5 Å². The quantitative estimate of drug-likeness (QED) is 0.696. The first-order valence-electron chi connectivity index (χ1n) is 9.30. The number of carbonyl (C=O) groups is 2. The van der Waals surface area contributed by atoms with Gasteiger partial charge in [0.15, 0.2) is 0 Å². The number of hydrogen-bond donors (Lipinski definition) is 1. The second kappa shape index (κ2) is 9.06. The molecule has 9 heteroatoms. The molecule has 0 bridgehead atoms. The molecule has 1 heterocycles. The van der Waals surface area contributed by atoms with Gasteiger partial charge in [-0.1, -0.05) is 6.07 Å². The predicted octanol–water partition coefficient (Wildman–Crippen LogP) is 3.26. The van der Waals surface area contributed by atoms with E-state index in [9.17, 15) is 22.8 Å². The molecule has 1 N–H and O–H groups in total. The molecule has 1 aliphatic rings. The summed E-state index contributed by atoms with van der Waals surface area (Å²) in [5, 5.41) is 2.70. The van der Waals surface area contributed by atoms with E-state index in [1.807, 2.05) is 0 Å². The number of carbonyl (C=O) groups excluding carboxylic acids is 2. The van der Waals surface area contributed by atoms with Gasteiger partial charge in [0.1, 0.15) is 18.1 Å². The van der Waals surface area contributed by atoms with Crippen molar-refractivity contribution < 1.29 is 32.2 Å². The summed E-state index contributed by atoms with van der Waals surface area (Å²) in [5.41, 5.74) is -0.704. The third-order valence-corrected chi connectivity index (χ3v) is 4.71. The SMILES string of the molecule is COc1ccc(OCCNC(=O)C2CC(=O)N(c3cccc(C(F)(F)F)c3)C2)cc1. The van der Waals surface area contributed by atoms with E-state index >= 15 is 0 Å². The molecule has 1 unspecified atom stereocenters. The molecule has 2 aromatic carbocycles. The van der Waals surface area contributed by atoms with Crippen LogP contribution in [-0.2, 0) is 15.8 Å². The summed E-state index contributed by atoms with van der Waals surface area (Å²) in [4.78, 5) is 25.8. The molecule has 0 aromatic heterocycles. The molecule has 0 aliphatic carbocycles. The number of benzene rings is 2. The number of hydrogen-bond acceptors (Lipinski definition) is 4. The van der Waals surface area contributed by atoms with E-state index in [1.54, 1.807) is 31.4 Å². The molecule has 1 aliphatic heterocycles. The van der Waals surface area contributed by atoms with Crippen LogP contribution in [-0.4, -0.2) is 38.6 Å². The Bertz CT molecular complexity index is 900. The van der Waals surface area contributed by atoms with E-state index in [0.717, 1.165) is 12.1 Å². The van der Waals surface area contributed by atoms with Crippen molar-refractivity contribution in [3.63, 3.8) is 0 Å². The van der Waals surface area contributed by atoms with Crippen molar-refractivity contribution in [2.45, 2.75) is 12.6 Å². The molecule has 1 fully saturated rings. The minimum atomic E-state index is -4.50. The standard InChI is InChI=1S/C21H21F3N2O4/c1-29-17-5-7-18(8-6-17)30-10-9-25-20(28)14-11-19(27)26(13-14)16-4-2-3-15(12-16)21(22,23)24/h2-8,12,14H,9-11,13H2,1H3,(H,25,28). The van der Waals surface area contributed by atoms with Gasteiger partial charge in [0, 0.05) is 18.7 Å². The van der Waals surface area contributed by atoms with Gasteiger partial charge in [0.05, 0.1) is 25.1 Å². The number of methoxy groups -OCH3 is 1. The van der Waals surface area contributed by atoms with E-state index in [-0.39, 0.29) is 43.6 Å². The van der Waals surface area contributed by atoms with Gasteiger partial charge in [0.2, 0.25) is 11.8 Å². The van der Waals surface area contributed by atoms with E-state index in [1.165, 1.54) is 17.0 Å². The molecule has 6 nitrogen and oxygen atoms in total. The number of amides is 2. The van der Waals surface area contributed by atoms with Crippen LogP contribution in [0.4, 0.5) is 18.9 Å². The van der Waals surface area contributed by atoms with Crippen molar-refractivity contribution in [2.24, 2.45) is 5.92 Å². The zero-order valence-electron chi connectivity index (χ0n) is 16.2. The first-order chi connectivity index (χ1) is 14.3. The molecule has 160 valence electrons. The third-order valence-electron chi connectivity index (χ3n) is 4.71. The zero-order valence-corrected chi connectivity index (χ0v) is 16.2. The second-order valence-electron chi connectivity index (χ2n) is 6.77. The van der Waals surface area contributed by atoms with E-state index in [2.05, 4.69) is 5.32 Å². The number of halogens is 3. The molecule has 0 spiro atoms. The molecule has 1 atom stereocenters. The fourth-order valence-electron chi connectivity index (χ4n) is 3.14. The molecule has 3 rings (SSSR count). The highest BCUT2D eigenvalue weighted by molar-refractivity contribution is 6.00. The highest BCUT2D eigenvalue weighted by Crippen LogP contribution is 2.33. The first-order valence-corrected chi connectivity index (χ1v) is 9.30. The van der Waals surface area contributed by atoms with Crippen LogP contribution >= 0.6 is 0 Å². The van der Waals surface area contributed by atoms with Crippen LogP contribution in [0.3, 0.4) is 0 Å². The molecule has 0 saturated carbocycles. The van der Waals surface area contributed by atoms with Crippen LogP contribution in [0.2, 0.25) is 0 Å². The van der Waals surface area contributed by atoms with Gasteiger partial charge in [-0.2, -0.15) is 13.2 Å².